The first-order valence-corrected chi connectivity index (χ1v) is 5.80. The molecule has 0 aliphatic rings. The number of ether oxygens (including phenoxy) is 2. The van der Waals surface area contributed by atoms with Crippen LogP contribution >= 0.6 is 0 Å². The van der Waals surface area contributed by atoms with Crippen LogP contribution in [0.1, 0.15) is 31.9 Å². The molecule has 3 nitrogen and oxygen atoms in total. The van der Waals surface area contributed by atoms with E-state index in [-0.39, 0.29) is 6.04 Å². The number of hydrogen-bond acceptors (Lipinski definition) is 3. The van der Waals surface area contributed by atoms with E-state index in [0.29, 0.717) is 13.2 Å². The third kappa shape index (κ3) is 4.21. The van der Waals surface area contributed by atoms with E-state index in [1.807, 2.05) is 31.2 Å². The van der Waals surface area contributed by atoms with Gasteiger partial charge < -0.3 is 15.2 Å². The molecule has 1 unspecified atom stereocenters. The molecule has 0 aromatic heterocycles. The fourth-order valence-corrected chi connectivity index (χ4v) is 1.45. The fourth-order valence-electron chi connectivity index (χ4n) is 1.45. The molecule has 1 rings (SSSR count). The second-order valence-corrected chi connectivity index (χ2v) is 3.79. The summed E-state index contributed by atoms with van der Waals surface area (Å²) in [5, 5.41) is 0. The fraction of sp³-hybridized carbons (Fsp3) is 0.538. The standard InChI is InChI=1S/C13H21NO2/c1-3-8-15-9-10-16-13-7-5-4-6-12(13)11(2)14/h4-7,11H,3,8-10,14H2,1-2H3. The van der Waals surface area contributed by atoms with Gasteiger partial charge in [-0.15, -0.1) is 0 Å². The molecule has 0 saturated heterocycles. The van der Waals surface area contributed by atoms with E-state index < -0.39 is 0 Å². The van der Waals surface area contributed by atoms with E-state index in [1.165, 1.54) is 0 Å². The Hall–Kier alpha value is -1.06. The highest BCUT2D eigenvalue weighted by atomic mass is 16.5. The number of para-hydroxylation sites is 1. The first kappa shape index (κ1) is 13.0. The van der Waals surface area contributed by atoms with Crippen LogP contribution in [0.3, 0.4) is 0 Å². The van der Waals surface area contributed by atoms with Gasteiger partial charge in [0, 0.05) is 18.2 Å². The van der Waals surface area contributed by atoms with Gasteiger partial charge in [-0.2, -0.15) is 0 Å². The summed E-state index contributed by atoms with van der Waals surface area (Å²) in [6.07, 6.45) is 1.04. The number of nitrogens with two attached hydrogens (primary N) is 1. The molecule has 0 fully saturated rings. The number of hydrogen-bond donors (Lipinski definition) is 1. The molecular formula is C13H21NO2. The third-order valence-corrected chi connectivity index (χ3v) is 2.24. The molecule has 0 aliphatic carbocycles. The van der Waals surface area contributed by atoms with Gasteiger partial charge in [-0.25, -0.2) is 0 Å². The van der Waals surface area contributed by atoms with Gasteiger partial charge in [0.1, 0.15) is 12.4 Å². The van der Waals surface area contributed by atoms with Crippen LogP contribution in [0, 0.1) is 0 Å². The van der Waals surface area contributed by atoms with Crippen molar-refractivity contribution in [3.63, 3.8) is 0 Å². The molecule has 90 valence electrons. The van der Waals surface area contributed by atoms with Crippen molar-refractivity contribution in [1.82, 2.24) is 0 Å². The quantitative estimate of drug-likeness (QED) is 0.722. The lowest BCUT2D eigenvalue weighted by atomic mass is 10.1. The summed E-state index contributed by atoms with van der Waals surface area (Å²) in [5.41, 5.74) is 6.90. The Kier molecular flexibility index (Phi) is 5.90. The molecule has 0 radical (unpaired) electrons. The zero-order valence-corrected chi connectivity index (χ0v) is 10.1. The van der Waals surface area contributed by atoms with E-state index >= 15 is 0 Å². The van der Waals surface area contributed by atoms with Gasteiger partial charge in [-0.3, -0.25) is 0 Å². The Labute approximate surface area is 97.6 Å². The largest absolute Gasteiger partial charge is 0.491 e. The smallest absolute Gasteiger partial charge is 0.124 e. The molecule has 0 bridgehead atoms. The van der Waals surface area contributed by atoms with Crippen LogP contribution in [-0.4, -0.2) is 19.8 Å². The van der Waals surface area contributed by atoms with E-state index in [1.54, 1.807) is 0 Å². The van der Waals surface area contributed by atoms with E-state index in [2.05, 4.69) is 6.92 Å². The lowest BCUT2D eigenvalue weighted by Gasteiger charge is -2.13. The molecule has 0 heterocycles. The van der Waals surface area contributed by atoms with Crippen molar-refractivity contribution in [3.05, 3.63) is 29.8 Å². The monoisotopic (exact) mass is 223 g/mol. The minimum atomic E-state index is -0.00670. The highest BCUT2D eigenvalue weighted by Gasteiger charge is 2.06. The summed E-state index contributed by atoms with van der Waals surface area (Å²) >= 11 is 0. The van der Waals surface area contributed by atoms with Gasteiger partial charge >= 0.3 is 0 Å². The molecule has 16 heavy (non-hydrogen) atoms. The van der Waals surface area contributed by atoms with Crippen molar-refractivity contribution in [1.29, 1.82) is 0 Å². The molecule has 1 atom stereocenters. The molecular weight excluding hydrogens is 202 g/mol. The predicted octanol–water partition coefficient (Wildman–Crippen LogP) is 2.51. The van der Waals surface area contributed by atoms with Gasteiger partial charge in [0.15, 0.2) is 0 Å². The molecule has 1 aromatic rings. The summed E-state index contributed by atoms with van der Waals surface area (Å²) in [7, 11) is 0. The van der Waals surface area contributed by atoms with E-state index in [9.17, 15) is 0 Å². The van der Waals surface area contributed by atoms with Crippen molar-refractivity contribution >= 4 is 0 Å². The van der Waals surface area contributed by atoms with Crippen molar-refractivity contribution in [2.45, 2.75) is 26.3 Å². The average molecular weight is 223 g/mol. The maximum Gasteiger partial charge on any atom is 0.124 e. The van der Waals surface area contributed by atoms with Gasteiger partial charge in [0.25, 0.3) is 0 Å². The minimum absolute atomic E-state index is 0.00670. The van der Waals surface area contributed by atoms with Crippen LogP contribution in [0.5, 0.6) is 5.75 Å². The number of rotatable bonds is 7. The summed E-state index contributed by atoms with van der Waals surface area (Å²) < 4.78 is 11.0. The highest BCUT2D eigenvalue weighted by molar-refractivity contribution is 5.35. The summed E-state index contributed by atoms with van der Waals surface area (Å²) in [5.74, 6) is 0.859. The third-order valence-electron chi connectivity index (χ3n) is 2.24. The molecule has 1 aromatic carbocycles. The SMILES string of the molecule is CCCOCCOc1ccccc1C(C)N. The van der Waals surface area contributed by atoms with Crippen molar-refractivity contribution < 1.29 is 9.47 Å². The Morgan fingerprint density at radius 2 is 1.94 bits per heavy atom. The molecule has 0 amide bonds. The maximum atomic E-state index is 5.86. The van der Waals surface area contributed by atoms with Crippen molar-refractivity contribution in [2.24, 2.45) is 5.73 Å². The minimum Gasteiger partial charge on any atom is -0.491 e. The topological polar surface area (TPSA) is 44.5 Å². The summed E-state index contributed by atoms with van der Waals surface area (Å²) in [6, 6.07) is 7.85. The Morgan fingerprint density at radius 1 is 1.19 bits per heavy atom. The first-order valence-electron chi connectivity index (χ1n) is 5.80. The maximum absolute atomic E-state index is 5.86. The van der Waals surface area contributed by atoms with Gasteiger partial charge in [-0.1, -0.05) is 25.1 Å². The van der Waals surface area contributed by atoms with Crippen LogP contribution in [0.4, 0.5) is 0 Å². The van der Waals surface area contributed by atoms with Crippen LogP contribution in [0.2, 0.25) is 0 Å². The van der Waals surface area contributed by atoms with Gasteiger partial charge in [-0.05, 0) is 19.4 Å². The lowest BCUT2D eigenvalue weighted by molar-refractivity contribution is 0.100. The molecule has 0 saturated carbocycles. The Bertz CT molecular complexity index is 300. The normalized spacial score (nSPS) is 12.4. The van der Waals surface area contributed by atoms with Crippen LogP contribution in [0.15, 0.2) is 24.3 Å². The van der Waals surface area contributed by atoms with Crippen LogP contribution in [0.25, 0.3) is 0 Å². The first-order chi connectivity index (χ1) is 7.75. The zero-order chi connectivity index (χ0) is 11.8. The van der Waals surface area contributed by atoms with Crippen molar-refractivity contribution in [3.8, 4) is 5.75 Å². The lowest BCUT2D eigenvalue weighted by Crippen LogP contribution is -2.11. The predicted molar refractivity (Wildman–Crippen MR) is 65.6 cm³/mol. The van der Waals surface area contributed by atoms with Crippen LogP contribution in [-0.2, 0) is 4.74 Å². The van der Waals surface area contributed by atoms with Gasteiger partial charge in [0.05, 0.1) is 6.61 Å². The zero-order valence-electron chi connectivity index (χ0n) is 10.1. The molecule has 0 aliphatic heterocycles. The van der Waals surface area contributed by atoms with Gasteiger partial charge in [0.2, 0.25) is 0 Å². The number of benzene rings is 1. The second-order valence-electron chi connectivity index (χ2n) is 3.79. The summed E-state index contributed by atoms with van der Waals surface area (Å²) in [6.45, 7) is 6.03. The van der Waals surface area contributed by atoms with E-state index in [0.717, 1.165) is 24.3 Å². The van der Waals surface area contributed by atoms with Crippen molar-refractivity contribution in [2.75, 3.05) is 19.8 Å². The average Bonchev–Trinajstić information content (AvgIpc) is 2.29. The van der Waals surface area contributed by atoms with Crippen LogP contribution < -0.4 is 10.5 Å². The van der Waals surface area contributed by atoms with E-state index in [4.69, 9.17) is 15.2 Å². The molecule has 2 N–H and O–H groups in total. The Morgan fingerprint density at radius 3 is 2.62 bits per heavy atom. The second kappa shape index (κ2) is 7.25. The highest BCUT2D eigenvalue weighted by Crippen LogP contribution is 2.22. The summed E-state index contributed by atoms with van der Waals surface area (Å²) in [4.78, 5) is 0. The molecule has 3 heteroatoms. The molecule has 0 spiro atoms. The Balaban J connectivity index is 2.41.